The van der Waals surface area contributed by atoms with Crippen molar-refractivity contribution in [1.82, 2.24) is 4.98 Å². The van der Waals surface area contributed by atoms with Crippen LogP contribution in [0.15, 0.2) is 47.6 Å². The third-order valence-electron chi connectivity index (χ3n) is 2.62. The number of aryl methyl sites for hydroxylation is 1. The summed E-state index contributed by atoms with van der Waals surface area (Å²) in [4.78, 5) is 4.25. The zero-order valence-electron chi connectivity index (χ0n) is 11.5. The summed E-state index contributed by atoms with van der Waals surface area (Å²) < 4.78 is 21.2. The SMILES string of the molecule is CCOCN(Sc1ccccn1)c1cc(C)ccc1F. The molecule has 0 saturated carbocycles. The lowest BCUT2D eigenvalue weighted by atomic mass is 10.2. The van der Waals surface area contributed by atoms with Crippen LogP contribution >= 0.6 is 11.9 Å². The molecule has 1 aromatic heterocycles. The van der Waals surface area contributed by atoms with Crippen LogP contribution in [0.5, 0.6) is 0 Å². The fourth-order valence-corrected chi connectivity index (χ4v) is 2.49. The Morgan fingerprint density at radius 1 is 1.30 bits per heavy atom. The average molecular weight is 292 g/mol. The lowest BCUT2D eigenvalue weighted by Gasteiger charge is -2.23. The maximum absolute atomic E-state index is 14.0. The zero-order chi connectivity index (χ0) is 14.4. The molecule has 0 bridgehead atoms. The van der Waals surface area contributed by atoms with Gasteiger partial charge in [-0.3, -0.25) is 4.31 Å². The van der Waals surface area contributed by atoms with Crippen molar-refractivity contribution >= 4 is 17.6 Å². The molecule has 0 atom stereocenters. The van der Waals surface area contributed by atoms with Gasteiger partial charge in [0.15, 0.2) is 0 Å². The standard InChI is InChI=1S/C15H17FN2OS/c1-3-19-11-18(20-15-6-4-5-9-17-15)14-10-12(2)7-8-13(14)16/h4-10H,3,11H2,1-2H3. The molecule has 0 spiro atoms. The van der Waals surface area contributed by atoms with Crippen LogP contribution < -0.4 is 4.31 Å². The lowest BCUT2D eigenvalue weighted by Crippen LogP contribution is -2.20. The van der Waals surface area contributed by atoms with E-state index in [1.807, 2.05) is 38.1 Å². The van der Waals surface area contributed by atoms with Gasteiger partial charge in [-0.15, -0.1) is 0 Å². The molecule has 0 N–H and O–H groups in total. The van der Waals surface area contributed by atoms with E-state index in [1.165, 1.54) is 18.0 Å². The van der Waals surface area contributed by atoms with E-state index in [1.54, 1.807) is 16.6 Å². The number of hydrogen-bond acceptors (Lipinski definition) is 4. The van der Waals surface area contributed by atoms with Gasteiger partial charge in [0.25, 0.3) is 0 Å². The summed E-state index contributed by atoms with van der Waals surface area (Å²) in [5.41, 5.74) is 1.51. The number of benzene rings is 1. The van der Waals surface area contributed by atoms with E-state index < -0.39 is 0 Å². The van der Waals surface area contributed by atoms with Gasteiger partial charge in [-0.05, 0) is 43.7 Å². The Hall–Kier alpha value is -1.59. The second-order valence-electron chi connectivity index (χ2n) is 4.21. The number of ether oxygens (including phenoxy) is 1. The highest BCUT2D eigenvalue weighted by molar-refractivity contribution is 8.00. The molecule has 1 heterocycles. The molecular weight excluding hydrogens is 275 g/mol. The molecule has 3 nitrogen and oxygen atoms in total. The Balaban J connectivity index is 2.24. The molecule has 0 saturated heterocycles. The molecule has 5 heteroatoms. The normalized spacial score (nSPS) is 10.6. The summed E-state index contributed by atoms with van der Waals surface area (Å²) in [6.45, 7) is 4.73. The molecule has 2 rings (SSSR count). The molecule has 0 radical (unpaired) electrons. The highest BCUT2D eigenvalue weighted by Crippen LogP contribution is 2.30. The molecule has 0 amide bonds. The first kappa shape index (κ1) is 14.8. The topological polar surface area (TPSA) is 25.4 Å². The summed E-state index contributed by atoms with van der Waals surface area (Å²) >= 11 is 1.36. The van der Waals surface area contributed by atoms with Crippen LogP contribution in [0.3, 0.4) is 0 Å². The number of hydrogen-bond donors (Lipinski definition) is 0. The monoisotopic (exact) mass is 292 g/mol. The Morgan fingerprint density at radius 3 is 2.85 bits per heavy atom. The quantitative estimate of drug-likeness (QED) is 0.593. The minimum atomic E-state index is -0.265. The molecule has 20 heavy (non-hydrogen) atoms. The van der Waals surface area contributed by atoms with Crippen molar-refractivity contribution in [1.29, 1.82) is 0 Å². The van der Waals surface area contributed by atoms with Gasteiger partial charge in [0.2, 0.25) is 0 Å². The predicted octanol–water partition coefficient (Wildman–Crippen LogP) is 4.04. The van der Waals surface area contributed by atoms with E-state index in [0.717, 1.165) is 10.6 Å². The summed E-state index contributed by atoms with van der Waals surface area (Å²) in [6.07, 6.45) is 1.72. The first-order valence-electron chi connectivity index (χ1n) is 6.41. The average Bonchev–Trinajstić information content (AvgIpc) is 2.47. The minimum absolute atomic E-state index is 0.265. The highest BCUT2D eigenvalue weighted by Gasteiger charge is 2.14. The van der Waals surface area contributed by atoms with Crippen LogP contribution in [0.4, 0.5) is 10.1 Å². The van der Waals surface area contributed by atoms with Crippen LogP contribution in [-0.4, -0.2) is 18.3 Å². The van der Waals surface area contributed by atoms with E-state index in [2.05, 4.69) is 4.98 Å². The van der Waals surface area contributed by atoms with Gasteiger partial charge in [0, 0.05) is 24.8 Å². The van der Waals surface area contributed by atoms with Crippen molar-refractivity contribution in [2.75, 3.05) is 17.6 Å². The maximum Gasteiger partial charge on any atom is 0.147 e. The van der Waals surface area contributed by atoms with Gasteiger partial charge >= 0.3 is 0 Å². The Kier molecular flexibility index (Phi) is 5.38. The van der Waals surface area contributed by atoms with Crippen molar-refractivity contribution in [3.8, 4) is 0 Å². The maximum atomic E-state index is 14.0. The molecule has 0 aliphatic carbocycles. The third-order valence-corrected chi connectivity index (χ3v) is 3.58. The molecule has 2 aromatic rings. The van der Waals surface area contributed by atoms with Gasteiger partial charge in [-0.2, -0.15) is 0 Å². The number of nitrogens with zero attached hydrogens (tertiary/aromatic N) is 2. The van der Waals surface area contributed by atoms with Crippen LogP contribution in [0.25, 0.3) is 0 Å². The number of halogens is 1. The van der Waals surface area contributed by atoms with E-state index in [4.69, 9.17) is 4.74 Å². The summed E-state index contributed by atoms with van der Waals surface area (Å²) in [7, 11) is 0. The van der Waals surface area contributed by atoms with Crippen LogP contribution in [0.1, 0.15) is 12.5 Å². The number of rotatable bonds is 6. The van der Waals surface area contributed by atoms with E-state index in [9.17, 15) is 4.39 Å². The van der Waals surface area contributed by atoms with Crippen LogP contribution in [0, 0.1) is 12.7 Å². The molecule has 0 aliphatic heterocycles. The van der Waals surface area contributed by atoms with Gasteiger partial charge in [-0.1, -0.05) is 12.1 Å². The predicted molar refractivity (Wildman–Crippen MR) is 80.2 cm³/mol. The molecular formula is C15H17FN2OS. The largest absolute Gasteiger partial charge is 0.360 e. The lowest BCUT2D eigenvalue weighted by molar-refractivity contribution is 0.158. The van der Waals surface area contributed by atoms with Crippen molar-refractivity contribution < 1.29 is 9.13 Å². The molecule has 0 unspecified atom stereocenters. The fourth-order valence-electron chi connectivity index (χ4n) is 1.65. The molecule has 1 aromatic carbocycles. The second-order valence-corrected chi connectivity index (χ2v) is 5.26. The Morgan fingerprint density at radius 2 is 2.15 bits per heavy atom. The van der Waals surface area contributed by atoms with Crippen molar-refractivity contribution in [3.63, 3.8) is 0 Å². The number of pyridine rings is 1. The van der Waals surface area contributed by atoms with Gasteiger partial charge in [0.1, 0.15) is 17.6 Å². The van der Waals surface area contributed by atoms with E-state index >= 15 is 0 Å². The van der Waals surface area contributed by atoms with E-state index in [0.29, 0.717) is 19.0 Å². The Bertz CT molecular complexity index is 551. The summed E-state index contributed by atoms with van der Waals surface area (Å²) in [6, 6.07) is 10.7. The first-order valence-corrected chi connectivity index (χ1v) is 7.18. The van der Waals surface area contributed by atoms with Gasteiger partial charge in [-0.25, -0.2) is 9.37 Å². The third kappa shape index (κ3) is 3.95. The number of aromatic nitrogens is 1. The van der Waals surface area contributed by atoms with Crippen molar-refractivity contribution in [2.45, 2.75) is 18.9 Å². The zero-order valence-corrected chi connectivity index (χ0v) is 12.4. The molecule has 106 valence electrons. The van der Waals surface area contributed by atoms with Gasteiger partial charge < -0.3 is 4.74 Å². The number of anilines is 1. The van der Waals surface area contributed by atoms with Crippen LogP contribution in [-0.2, 0) is 4.74 Å². The summed E-state index contributed by atoms with van der Waals surface area (Å²) in [5, 5.41) is 0.799. The smallest absolute Gasteiger partial charge is 0.147 e. The molecule has 0 aliphatic rings. The minimum Gasteiger partial charge on any atom is -0.360 e. The van der Waals surface area contributed by atoms with Gasteiger partial charge in [0.05, 0.1) is 5.69 Å². The Labute approximate surface area is 122 Å². The summed E-state index contributed by atoms with van der Waals surface area (Å²) in [5.74, 6) is -0.265. The highest BCUT2D eigenvalue weighted by atomic mass is 32.2. The first-order chi connectivity index (χ1) is 9.70. The van der Waals surface area contributed by atoms with E-state index in [-0.39, 0.29) is 5.82 Å². The van der Waals surface area contributed by atoms with Crippen molar-refractivity contribution in [2.24, 2.45) is 0 Å². The van der Waals surface area contributed by atoms with Crippen molar-refractivity contribution in [3.05, 3.63) is 54.0 Å². The molecule has 0 fully saturated rings. The van der Waals surface area contributed by atoms with Crippen LogP contribution in [0.2, 0.25) is 0 Å². The second kappa shape index (κ2) is 7.26. The fraction of sp³-hybridized carbons (Fsp3) is 0.267.